The van der Waals surface area contributed by atoms with E-state index in [0.29, 0.717) is 16.0 Å². The Kier molecular flexibility index (Phi) is 3.61. The van der Waals surface area contributed by atoms with Crippen LogP contribution in [-0.4, -0.2) is 28.7 Å². The van der Waals surface area contributed by atoms with Crippen molar-refractivity contribution in [1.29, 1.82) is 0 Å². The molecule has 0 bridgehead atoms. The molecule has 0 atom stereocenters. The monoisotopic (exact) mass is 350 g/mol. The van der Waals surface area contributed by atoms with Gasteiger partial charge in [0.2, 0.25) is 6.79 Å². The van der Waals surface area contributed by atoms with Gasteiger partial charge in [-0.25, -0.2) is 5.43 Å². The molecule has 3 rings (SSSR count). The van der Waals surface area contributed by atoms with E-state index >= 15 is 0 Å². The average Bonchev–Trinajstić information content (AvgIpc) is 3.04. The number of hydrazone groups is 1. The predicted octanol–water partition coefficient (Wildman–Crippen LogP) is 1.68. The Morgan fingerprint density at radius 2 is 2.29 bits per heavy atom. The van der Waals surface area contributed by atoms with Gasteiger partial charge in [0.05, 0.1) is 10.7 Å². The molecule has 21 heavy (non-hydrogen) atoms. The summed E-state index contributed by atoms with van der Waals surface area (Å²) in [5.41, 5.74) is 3.49. The summed E-state index contributed by atoms with van der Waals surface area (Å²) in [5, 5.41) is 7.93. The lowest BCUT2D eigenvalue weighted by Gasteiger charge is -1.98. The van der Waals surface area contributed by atoms with Crippen molar-refractivity contribution >= 4 is 28.1 Å². The molecule has 1 amide bonds. The number of carbonyl (C=O) groups excluding carboxylic acids is 1. The van der Waals surface area contributed by atoms with E-state index in [1.165, 1.54) is 6.21 Å². The molecule has 108 valence electrons. The average molecular weight is 351 g/mol. The van der Waals surface area contributed by atoms with E-state index < -0.39 is 0 Å². The lowest BCUT2D eigenvalue weighted by Crippen LogP contribution is -2.18. The number of nitrogens with zero attached hydrogens (tertiary/aromatic N) is 3. The highest BCUT2D eigenvalue weighted by atomic mass is 79.9. The summed E-state index contributed by atoms with van der Waals surface area (Å²) >= 11 is 3.26. The molecule has 1 aromatic carbocycles. The van der Waals surface area contributed by atoms with Gasteiger partial charge >= 0.3 is 0 Å². The van der Waals surface area contributed by atoms with E-state index in [9.17, 15) is 4.79 Å². The number of nitrogens with one attached hydrogen (secondary N) is 1. The van der Waals surface area contributed by atoms with Crippen LogP contribution in [0.15, 0.2) is 34.0 Å². The van der Waals surface area contributed by atoms with Crippen LogP contribution in [0, 0.1) is 0 Å². The third kappa shape index (κ3) is 2.89. The highest BCUT2D eigenvalue weighted by Gasteiger charge is 2.14. The van der Waals surface area contributed by atoms with Gasteiger partial charge in [-0.15, -0.1) is 0 Å². The number of hydrogen-bond donors (Lipinski definition) is 1. The van der Waals surface area contributed by atoms with Crippen molar-refractivity contribution in [2.24, 2.45) is 12.1 Å². The maximum absolute atomic E-state index is 11.9. The van der Waals surface area contributed by atoms with Crippen LogP contribution in [0.3, 0.4) is 0 Å². The van der Waals surface area contributed by atoms with Crippen molar-refractivity contribution in [2.75, 3.05) is 6.79 Å². The molecule has 0 fully saturated rings. The molecule has 2 heterocycles. The van der Waals surface area contributed by atoms with Crippen LogP contribution < -0.4 is 14.9 Å². The van der Waals surface area contributed by atoms with Crippen LogP contribution in [0.4, 0.5) is 0 Å². The second kappa shape index (κ2) is 5.57. The second-order valence-corrected chi connectivity index (χ2v) is 5.17. The molecule has 8 heteroatoms. The van der Waals surface area contributed by atoms with Crippen LogP contribution in [0.1, 0.15) is 16.1 Å². The molecule has 0 spiro atoms. The van der Waals surface area contributed by atoms with Gasteiger partial charge in [0, 0.05) is 13.2 Å². The minimum Gasteiger partial charge on any atom is -0.454 e. The zero-order valence-corrected chi connectivity index (χ0v) is 12.6. The van der Waals surface area contributed by atoms with Crippen LogP contribution in [-0.2, 0) is 7.05 Å². The summed E-state index contributed by atoms with van der Waals surface area (Å²) in [4.78, 5) is 11.9. The lowest BCUT2D eigenvalue weighted by molar-refractivity contribution is 0.0948. The molecule has 0 saturated carbocycles. The number of fused-ring (bicyclic) bond motifs is 1. The first-order valence-corrected chi connectivity index (χ1v) is 6.85. The maximum Gasteiger partial charge on any atom is 0.293 e. The zero-order valence-electron chi connectivity index (χ0n) is 11.0. The van der Waals surface area contributed by atoms with E-state index in [2.05, 4.69) is 31.6 Å². The molecule has 0 unspecified atom stereocenters. The van der Waals surface area contributed by atoms with Crippen LogP contribution in [0.2, 0.25) is 0 Å². The molecule has 0 saturated heterocycles. The maximum atomic E-state index is 11.9. The molecule has 0 radical (unpaired) electrons. The standard InChI is InChI=1S/C13H11BrN4O3/c1-18-6-9(14)12(17-18)13(19)16-15-5-8-2-3-10-11(4-8)21-7-20-10/h2-6H,7H2,1H3,(H,16,19)/b15-5-. The van der Waals surface area contributed by atoms with E-state index in [-0.39, 0.29) is 18.4 Å². The second-order valence-electron chi connectivity index (χ2n) is 4.31. The summed E-state index contributed by atoms with van der Waals surface area (Å²) < 4.78 is 12.6. The highest BCUT2D eigenvalue weighted by molar-refractivity contribution is 9.10. The van der Waals surface area contributed by atoms with Gasteiger partial charge in [-0.2, -0.15) is 10.2 Å². The first-order valence-electron chi connectivity index (χ1n) is 6.05. The summed E-state index contributed by atoms with van der Waals surface area (Å²) in [6.07, 6.45) is 3.22. The van der Waals surface area contributed by atoms with Crippen molar-refractivity contribution in [3.8, 4) is 11.5 Å². The van der Waals surface area contributed by atoms with E-state index in [1.807, 2.05) is 6.07 Å². The highest BCUT2D eigenvalue weighted by Crippen LogP contribution is 2.31. The number of hydrogen-bond acceptors (Lipinski definition) is 5. The third-order valence-electron chi connectivity index (χ3n) is 2.78. The summed E-state index contributed by atoms with van der Waals surface area (Å²) in [7, 11) is 1.73. The number of benzene rings is 1. The fourth-order valence-corrected chi connectivity index (χ4v) is 2.38. The van der Waals surface area contributed by atoms with Crippen molar-refractivity contribution in [1.82, 2.24) is 15.2 Å². The Balaban J connectivity index is 1.67. The largest absolute Gasteiger partial charge is 0.454 e. The van der Waals surface area contributed by atoms with Crippen LogP contribution >= 0.6 is 15.9 Å². The Bertz CT molecular complexity index is 726. The molecule has 1 aromatic heterocycles. The zero-order chi connectivity index (χ0) is 14.8. The lowest BCUT2D eigenvalue weighted by atomic mass is 10.2. The molecule has 2 aromatic rings. The van der Waals surface area contributed by atoms with Gasteiger partial charge in [-0.05, 0) is 39.7 Å². The van der Waals surface area contributed by atoms with Crippen molar-refractivity contribution < 1.29 is 14.3 Å². The number of amides is 1. The van der Waals surface area contributed by atoms with Crippen LogP contribution in [0.25, 0.3) is 0 Å². The van der Waals surface area contributed by atoms with E-state index in [4.69, 9.17) is 9.47 Å². The normalized spacial score (nSPS) is 12.9. The number of halogens is 1. The molecule has 7 nitrogen and oxygen atoms in total. The molecular formula is C13H11BrN4O3. The fraction of sp³-hybridized carbons (Fsp3) is 0.154. The molecule has 1 aliphatic rings. The third-order valence-corrected chi connectivity index (χ3v) is 3.36. The van der Waals surface area contributed by atoms with E-state index in [1.54, 1.807) is 30.1 Å². The van der Waals surface area contributed by atoms with Crippen molar-refractivity contribution in [3.05, 3.63) is 40.1 Å². The Hall–Kier alpha value is -2.35. The Labute approximate surface area is 128 Å². The smallest absolute Gasteiger partial charge is 0.293 e. The van der Waals surface area contributed by atoms with Gasteiger partial charge < -0.3 is 9.47 Å². The van der Waals surface area contributed by atoms with Crippen LogP contribution in [0.5, 0.6) is 11.5 Å². The van der Waals surface area contributed by atoms with Gasteiger partial charge in [0.1, 0.15) is 0 Å². The quantitative estimate of drug-likeness (QED) is 0.674. The number of aryl methyl sites for hydroxylation is 1. The van der Waals surface area contributed by atoms with Gasteiger partial charge in [0.25, 0.3) is 5.91 Å². The summed E-state index contributed by atoms with van der Waals surface area (Å²) in [5.74, 6) is 0.978. The van der Waals surface area contributed by atoms with Gasteiger partial charge in [-0.1, -0.05) is 0 Å². The van der Waals surface area contributed by atoms with Crippen molar-refractivity contribution in [2.45, 2.75) is 0 Å². The number of carbonyl (C=O) groups is 1. The first-order chi connectivity index (χ1) is 10.1. The Morgan fingerprint density at radius 3 is 3.05 bits per heavy atom. The Morgan fingerprint density at radius 1 is 1.48 bits per heavy atom. The molecule has 0 aliphatic carbocycles. The summed E-state index contributed by atoms with van der Waals surface area (Å²) in [6, 6.07) is 5.40. The molecule has 1 aliphatic heterocycles. The number of ether oxygens (including phenoxy) is 2. The molecular weight excluding hydrogens is 340 g/mol. The van der Waals surface area contributed by atoms with Crippen molar-refractivity contribution in [3.63, 3.8) is 0 Å². The predicted molar refractivity (Wildman–Crippen MR) is 78.5 cm³/mol. The molecule has 1 N–H and O–H groups in total. The SMILES string of the molecule is Cn1cc(Br)c(C(=O)N/N=C\c2ccc3c(c2)OCO3)n1. The first kappa shape index (κ1) is 13.6. The minimum atomic E-state index is -0.389. The topological polar surface area (TPSA) is 77.7 Å². The number of aromatic nitrogens is 2. The fourth-order valence-electron chi connectivity index (χ4n) is 1.83. The van der Waals surface area contributed by atoms with Gasteiger partial charge in [0.15, 0.2) is 17.2 Å². The minimum absolute atomic E-state index is 0.223. The van der Waals surface area contributed by atoms with Gasteiger partial charge in [-0.3, -0.25) is 9.48 Å². The van der Waals surface area contributed by atoms with E-state index in [0.717, 1.165) is 5.56 Å². The number of rotatable bonds is 3. The summed E-state index contributed by atoms with van der Waals surface area (Å²) in [6.45, 7) is 0.223.